The number of amides is 3. The fourth-order valence-corrected chi connectivity index (χ4v) is 4.06. The van der Waals surface area contributed by atoms with Crippen molar-refractivity contribution in [3.63, 3.8) is 0 Å². The molecule has 0 N–H and O–H groups in total. The Balaban J connectivity index is 1.90. The van der Waals surface area contributed by atoms with E-state index in [1.165, 1.54) is 4.90 Å². The third-order valence-electron chi connectivity index (χ3n) is 6.24. The first-order valence-electron chi connectivity index (χ1n) is 11.0. The molecular formula is C26H32N2O3. The molecule has 0 spiro atoms. The molecule has 1 aliphatic heterocycles. The van der Waals surface area contributed by atoms with Gasteiger partial charge < -0.3 is 4.90 Å². The first-order valence-corrected chi connectivity index (χ1v) is 11.0. The lowest BCUT2D eigenvalue weighted by atomic mass is 9.94. The molecule has 0 aromatic heterocycles. The minimum absolute atomic E-state index is 0.00866. The highest BCUT2D eigenvalue weighted by atomic mass is 16.2. The van der Waals surface area contributed by atoms with Gasteiger partial charge in [0.2, 0.25) is 11.8 Å². The van der Waals surface area contributed by atoms with Gasteiger partial charge in [-0.1, -0.05) is 63.2 Å². The van der Waals surface area contributed by atoms with Gasteiger partial charge in [0.25, 0.3) is 5.91 Å². The van der Waals surface area contributed by atoms with Gasteiger partial charge in [0, 0.05) is 5.54 Å². The Labute approximate surface area is 185 Å². The molecule has 1 atom stereocenters. The number of anilines is 1. The van der Waals surface area contributed by atoms with Crippen LogP contribution in [0.5, 0.6) is 0 Å². The summed E-state index contributed by atoms with van der Waals surface area (Å²) in [4.78, 5) is 42.5. The van der Waals surface area contributed by atoms with Crippen molar-refractivity contribution in [1.82, 2.24) is 4.90 Å². The summed E-state index contributed by atoms with van der Waals surface area (Å²) in [5.41, 5.74) is 2.05. The van der Waals surface area contributed by atoms with Gasteiger partial charge in [-0.05, 0) is 49.4 Å². The zero-order valence-electron chi connectivity index (χ0n) is 19.1. The molecule has 5 nitrogen and oxygen atoms in total. The Morgan fingerprint density at radius 1 is 1.06 bits per heavy atom. The number of benzene rings is 2. The molecule has 1 unspecified atom stereocenters. The lowest BCUT2D eigenvalue weighted by Gasteiger charge is -2.41. The van der Waals surface area contributed by atoms with Gasteiger partial charge in [-0.2, -0.15) is 0 Å². The van der Waals surface area contributed by atoms with Crippen molar-refractivity contribution in [2.24, 2.45) is 0 Å². The highest BCUT2D eigenvalue weighted by Gasteiger charge is 2.48. The first-order chi connectivity index (χ1) is 14.7. The summed E-state index contributed by atoms with van der Waals surface area (Å²) in [6.07, 6.45) is 0.884. The van der Waals surface area contributed by atoms with Crippen LogP contribution in [-0.4, -0.2) is 34.2 Å². The normalized spacial score (nSPS) is 16.8. The highest BCUT2D eigenvalue weighted by Crippen LogP contribution is 2.32. The minimum Gasteiger partial charge on any atom is -0.325 e. The maximum absolute atomic E-state index is 13.4. The Hall–Kier alpha value is -2.95. The third kappa shape index (κ3) is 4.71. The lowest BCUT2D eigenvalue weighted by Crippen LogP contribution is -2.56. The maximum Gasteiger partial charge on any atom is 0.257 e. The molecule has 0 radical (unpaired) electrons. The standard InChI is InChI=1S/C26H32N2O3/c1-6-26(4,5)28(24(30)16-19-10-8-7-9-11-19)22-17-23(29)27(25(22)31)21-14-12-20(13-15-21)18(2)3/h7-15,18,22H,6,16-17H2,1-5H3. The Kier molecular flexibility index (Phi) is 6.63. The van der Waals surface area contributed by atoms with Crippen molar-refractivity contribution in [1.29, 1.82) is 0 Å². The van der Waals surface area contributed by atoms with Gasteiger partial charge in [0.1, 0.15) is 6.04 Å². The molecule has 1 saturated heterocycles. The van der Waals surface area contributed by atoms with Gasteiger partial charge in [-0.25, -0.2) is 4.90 Å². The van der Waals surface area contributed by atoms with E-state index in [-0.39, 0.29) is 30.6 Å². The molecular weight excluding hydrogens is 388 g/mol. The van der Waals surface area contributed by atoms with Crippen LogP contribution in [0.25, 0.3) is 0 Å². The third-order valence-corrected chi connectivity index (χ3v) is 6.24. The second kappa shape index (κ2) is 9.04. The molecule has 2 aromatic rings. The molecule has 1 fully saturated rings. The monoisotopic (exact) mass is 420 g/mol. The highest BCUT2D eigenvalue weighted by molar-refractivity contribution is 6.23. The second-order valence-corrected chi connectivity index (χ2v) is 9.13. The zero-order chi connectivity index (χ0) is 22.8. The average Bonchev–Trinajstić information content (AvgIpc) is 3.02. The molecule has 0 saturated carbocycles. The van der Waals surface area contributed by atoms with Crippen molar-refractivity contribution in [2.45, 2.75) is 71.4 Å². The molecule has 0 bridgehead atoms. The van der Waals surface area contributed by atoms with Gasteiger partial charge >= 0.3 is 0 Å². The second-order valence-electron chi connectivity index (χ2n) is 9.13. The van der Waals surface area contributed by atoms with Crippen LogP contribution >= 0.6 is 0 Å². The number of hydrogen-bond donors (Lipinski definition) is 0. The predicted molar refractivity (Wildman–Crippen MR) is 123 cm³/mol. The van der Waals surface area contributed by atoms with Gasteiger partial charge in [0.05, 0.1) is 18.5 Å². The largest absolute Gasteiger partial charge is 0.325 e. The zero-order valence-corrected chi connectivity index (χ0v) is 19.1. The van der Waals surface area contributed by atoms with Crippen molar-refractivity contribution in [2.75, 3.05) is 4.90 Å². The Morgan fingerprint density at radius 2 is 1.68 bits per heavy atom. The number of rotatable bonds is 7. The molecule has 164 valence electrons. The van der Waals surface area contributed by atoms with E-state index in [0.29, 0.717) is 18.0 Å². The van der Waals surface area contributed by atoms with Gasteiger partial charge in [0.15, 0.2) is 0 Å². The van der Waals surface area contributed by atoms with Crippen LogP contribution in [0.4, 0.5) is 5.69 Å². The fraction of sp³-hybridized carbons (Fsp3) is 0.423. The predicted octanol–water partition coefficient (Wildman–Crippen LogP) is 4.70. The molecule has 1 heterocycles. The summed E-state index contributed by atoms with van der Waals surface area (Å²) in [7, 11) is 0. The summed E-state index contributed by atoms with van der Waals surface area (Å²) >= 11 is 0. The van der Waals surface area contributed by atoms with E-state index in [9.17, 15) is 14.4 Å². The van der Waals surface area contributed by atoms with Crippen LogP contribution in [0.15, 0.2) is 54.6 Å². The number of carbonyl (C=O) groups is 3. The molecule has 1 aliphatic rings. The number of hydrogen-bond acceptors (Lipinski definition) is 3. The van der Waals surface area contributed by atoms with Gasteiger partial charge in [-0.15, -0.1) is 0 Å². The summed E-state index contributed by atoms with van der Waals surface area (Å²) < 4.78 is 0. The van der Waals surface area contributed by atoms with E-state index < -0.39 is 11.6 Å². The van der Waals surface area contributed by atoms with Crippen LogP contribution in [0.1, 0.15) is 64.5 Å². The van der Waals surface area contributed by atoms with Crippen molar-refractivity contribution < 1.29 is 14.4 Å². The Bertz CT molecular complexity index is 948. The van der Waals surface area contributed by atoms with Crippen LogP contribution in [0.2, 0.25) is 0 Å². The summed E-state index contributed by atoms with van der Waals surface area (Å²) in [5, 5.41) is 0. The molecule has 5 heteroatoms. The summed E-state index contributed by atoms with van der Waals surface area (Å²) in [5.74, 6) is -0.369. The molecule has 0 aliphatic carbocycles. The van der Waals surface area contributed by atoms with E-state index in [0.717, 1.165) is 11.1 Å². The van der Waals surface area contributed by atoms with Crippen molar-refractivity contribution >= 4 is 23.4 Å². The topological polar surface area (TPSA) is 57.7 Å². The van der Waals surface area contributed by atoms with Gasteiger partial charge in [-0.3, -0.25) is 14.4 Å². The van der Waals surface area contributed by atoms with Crippen LogP contribution in [-0.2, 0) is 20.8 Å². The number of imide groups is 1. The minimum atomic E-state index is -0.788. The van der Waals surface area contributed by atoms with Crippen LogP contribution in [0.3, 0.4) is 0 Å². The number of nitrogens with zero attached hydrogens (tertiary/aromatic N) is 2. The molecule has 3 rings (SSSR count). The van der Waals surface area contributed by atoms with Crippen molar-refractivity contribution in [3.05, 3.63) is 65.7 Å². The maximum atomic E-state index is 13.4. The van der Waals surface area contributed by atoms with E-state index in [4.69, 9.17) is 0 Å². The molecule has 2 aromatic carbocycles. The van der Waals surface area contributed by atoms with E-state index >= 15 is 0 Å². The quantitative estimate of drug-likeness (QED) is 0.610. The van der Waals surface area contributed by atoms with E-state index in [2.05, 4.69) is 13.8 Å². The molecule has 31 heavy (non-hydrogen) atoms. The Morgan fingerprint density at radius 3 is 2.23 bits per heavy atom. The SMILES string of the molecule is CCC(C)(C)N(C(=O)Cc1ccccc1)C1CC(=O)N(c2ccc(C(C)C)cc2)C1=O. The van der Waals surface area contributed by atoms with Crippen LogP contribution < -0.4 is 4.90 Å². The smallest absolute Gasteiger partial charge is 0.257 e. The average molecular weight is 421 g/mol. The molecule has 3 amide bonds. The van der Waals surface area contributed by atoms with E-state index in [1.807, 2.05) is 75.4 Å². The fourth-order valence-electron chi connectivity index (χ4n) is 4.06. The first kappa shape index (κ1) is 22.7. The lowest BCUT2D eigenvalue weighted by molar-refractivity contribution is -0.144. The number of carbonyl (C=O) groups excluding carboxylic acids is 3. The summed E-state index contributed by atoms with van der Waals surface area (Å²) in [6, 6.07) is 16.2. The van der Waals surface area contributed by atoms with Crippen LogP contribution in [0, 0.1) is 0 Å². The summed E-state index contributed by atoms with van der Waals surface area (Å²) in [6.45, 7) is 10.1. The van der Waals surface area contributed by atoms with E-state index in [1.54, 1.807) is 4.90 Å². The van der Waals surface area contributed by atoms with Crippen molar-refractivity contribution in [3.8, 4) is 0 Å².